The largest absolute Gasteiger partial charge is 0.463 e. The molecule has 0 bridgehead atoms. The van der Waals surface area contributed by atoms with E-state index in [1.807, 2.05) is 0 Å². The zero-order valence-electron chi connectivity index (χ0n) is 20.8. The number of aliphatic hydroxyl groups is 1. The first kappa shape index (κ1) is 23.8. The topological polar surface area (TPSA) is 99.1 Å². The minimum Gasteiger partial charge on any atom is -0.463 e. The van der Waals surface area contributed by atoms with Gasteiger partial charge in [-0.05, 0) is 86.0 Å². The summed E-state index contributed by atoms with van der Waals surface area (Å²) in [5, 5.41) is 12.5. The highest BCUT2D eigenvalue weighted by Gasteiger charge is 2.72. The second kappa shape index (κ2) is 8.07. The molecule has 5 unspecified atom stereocenters. The minimum absolute atomic E-state index is 0.00118. The van der Waals surface area contributed by atoms with Crippen LogP contribution >= 0.6 is 0 Å². The third kappa shape index (κ3) is 3.36. The van der Waals surface area contributed by atoms with Gasteiger partial charge in [-0.1, -0.05) is 13.8 Å². The summed E-state index contributed by atoms with van der Waals surface area (Å²) in [6.07, 6.45) is 7.77. The van der Waals surface area contributed by atoms with E-state index in [1.54, 1.807) is 6.08 Å². The molecule has 0 saturated heterocycles. The standard InChI is InChI=1S/C27H38O7/c1-15(28)33-19-7-9-25(3)18(12-19)5-6-21-22(25)13-23(34-16(2)29)26(4)20(8-10-27(21,26)31)17-11-24(30)32-14-17/h11,18-23,31H,5-10,12-14H2,1-4H3/t18-,19?,20?,21-,22+,23?,25+,26?,27?/m1/s1. The molecule has 4 aliphatic carbocycles. The molecule has 1 heterocycles. The smallest absolute Gasteiger partial charge is 0.331 e. The lowest BCUT2D eigenvalue weighted by Crippen LogP contribution is -2.67. The maximum absolute atomic E-state index is 12.5. The molecule has 0 spiro atoms. The van der Waals surface area contributed by atoms with E-state index in [0.29, 0.717) is 18.8 Å². The first-order valence-corrected chi connectivity index (χ1v) is 12.9. The first-order valence-electron chi connectivity index (χ1n) is 12.9. The molecule has 0 amide bonds. The van der Waals surface area contributed by atoms with Crippen molar-refractivity contribution in [1.82, 2.24) is 0 Å². The van der Waals surface area contributed by atoms with Gasteiger partial charge < -0.3 is 19.3 Å². The monoisotopic (exact) mass is 474 g/mol. The van der Waals surface area contributed by atoms with Crippen LogP contribution in [0.4, 0.5) is 0 Å². The molecule has 5 aliphatic rings. The fraction of sp³-hybridized carbons (Fsp3) is 0.815. The average Bonchev–Trinajstić information content (AvgIpc) is 3.29. The van der Waals surface area contributed by atoms with E-state index in [9.17, 15) is 19.5 Å². The Labute approximate surface area is 201 Å². The zero-order chi connectivity index (χ0) is 24.5. The van der Waals surface area contributed by atoms with Crippen molar-refractivity contribution in [3.05, 3.63) is 11.6 Å². The highest BCUT2D eigenvalue weighted by Crippen LogP contribution is 2.70. The number of fused-ring (bicyclic) bond motifs is 5. The number of carbonyl (C=O) groups is 3. The fourth-order valence-electron chi connectivity index (χ4n) is 9.04. The van der Waals surface area contributed by atoms with Crippen LogP contribution in [0, 0.1) is 34.5 Å². The normalized spacial score (nSPS) is 47.6. The molecule has 1 aliphatic heterocycles. The molecule has 0 radical (unpaired) electrons. The third-order valence-electron chi connectivity index (χ3n) is 10.6. The van der Waals surface area contributed by atoms with Crippen molar-refractivity contribution >= 4 is 17.9 Å². The van der Waals surface area contributed by atoms with Gasteiger partial charge in [-0.3, -0.25) is 9.59 Å². The maximum atomic E-state index is 12.5. The summed E-state index contributed by atoms with van der Waals surface area (Å²) in [5.74, 6) is -0.190. The van der Waals surface area contributed by atoms with Crippen molar-refractivity contribution < 1.29 is 33.7 Å². The zero-order valence-corrected chi connectivity index (χ0v) is 20.8. The van der Waals surface area contributed by atoms with Crippen LogP contribution in [0.25, 0.3) is 0 Å². The number of hydrogen-bond donors (Lipinski definition) is 1. The Hall–Kier alpha value is -1.89. The van der Waals surface area contributed by atoms with Gasteiger partial charge in [-0.25, -0.2) is 4.79 Å². The Morgan fingerprint density at radius 3 is 2.38 bits per heavy atom. The molecule has 7 nitrogen and oxygen atoms in total. The predicted molar refractivity (Wildman–Crippen MR) is 122 cm³/mol. The Morgan fingerprint density at radius 1 is 1.00 bits per heavy atom. The predicted octanol–water partition coefficient (Wildman–Crippen LogP) is 3.72. The summed E-state index contributed by atoms with van der Waals surface area (Å²) in [6, 6.07) is 0. The molecule has 7 heteroatoms. The molecule has 4 fully saturated rings. The number of cyclic esters (lactones) is 1. The number of rotatable bonds is 3. The van der Waals surface area contributed by atoms with Crippen LogP contribution in [0.1, 0.15) is 79.1 Å². The summed E-state index contributed by atoms with van der Waals surface area (Å²) in [5.41, 5.74) is -0.731. The van der Waals surface area contributed by atoms with Crippen LogP contribution in [-0.4, -0.2) is 47.4 Å². The van der Waals surface area contributed by atoms with Crippen LogP contribution in [0.2, 0.25) is 0 Å². The van der Waals surface area contributed by atoms with E-state index in [-0.39, 0.29) is 53.8 Å². The van der Waals surface area contributed by atoms with Crippen LogP contribution in [-0.2, 0) is 28.6 Å². The van der Waals surface area contributed by atoms with Crippen molar-refractivity contribution in [1.29, 1.82) is 0 Å². The van der Waals surface area contributed by atoms with Crippen LogP contribution in [0.15, 0.2) is 11.6 Å². The highest BCUT2D eigenvalue weighted by atomic mass is 16.6. The fourth-order valence-corrected chi connectivity index (χ4v) is 9.04. The molecule has 188 valence electrons. The molecular formula is C27H38O7. The average molecular weight is 475 g/mol. The van der Waals surface area contributed by atoms with Gasteiger partial charge in [0.2, 0.25) is 0 Å². The summed E-state index contributed by atoms with van der Waals surface area (Å²) < 4.78 is 16.8. The van der Waals surface area contributed by atoms with Crippen LogP contribution in [0.5, 0.6) is 0 Å². The van der Waals surface area contributed by atoms with E-state index in [4.69, 9.17) is 14.2 Å². The molecule has 0 aromatic rings. The summed E-state index contributed by atoms with van der Waals surface area (Å²) in [6.45, 7) is 7.59. The molecule has 34 heavy (non-hydrogen) atoms. The number of ether oxygens (including phenoxy) is 3. The molecule has 5 rings (SSSR count). The van der Waals surface area contributed by atoms with Gasteiger partial charge in [-0.15, -0.1) is 0 Å². The van der Waals surface area contributed by atoms with E-state index in [2.05, 4.69) is 13.8 Å². The third-order valence-corrected chi connectivity index (χ3v) is 10.6. The molecule has 1 N–H and O–H groups in total. The maximum Gasteiger partial charge on any atom is 0.331 e. The Kier molecular flexibility index (Phi) is 5.66. The van der Waals surface area contributed by atoms with E-state index in [0.717, 1.165) is 44.1 Å². The molecular weight excluding hydrogens is 436 g/mol. The molecule has 9 atom stereocenters. The van der Waals surface area contributed by atoms with Gasteiger partial charge in [0.1, 0.15) is 18.8 Å². The van der Waals surface area contributed by atoms with Gasteiger partial charge >= 0.3 is 17.9 Å². The molecule has 0 aromatic heterocycles. The number of hydrogen-bond acceptors (Lipinski definition) is 7. The first-order chi connectivity index (χ1) is 16.0. The van der Waals surface area contributed by atoms with Gasteiger partial charge in [0.05, 0.1) is 5.60 Å². The van der Waals surface area contributed by atoms with Crippen molar-refractivity contribution in [2.75, 3.05) is 6.61 Å². The van der Waals surface area contributed by atoms with Crippen molar-refractivity contribution in [3.63, 3.8) is 0 Å². The van der Waals surface area contributed by atoms with E-state index in [1.165, 1.54) is 13.8 Å². The second-order valence-corrected chi connectivity index (χ2v) is 12.0. The summed E-state index contributed by atoms with van der Waals surface area (Å²) in [7, 11) is 0. The highest BCUT2D eigenvalue weighted by molar-refractivity contribution is 5.85. The van der Waals surface area contributed by atoms with E-state index < -0.39 is 17.1 Å². The molecule has 4 saturated carbocycles. The lowest BCUT2D eigenvalue weighted by atomic mass is 9.42. The van der Waals surface area contributed by atoms with Crippen LogP contribution in [0.3, 0.4) is 0 Å². The second-order valence-electron chi connectivity index (χ2n) is 12.0. The summed E-state index contributed by atoms with van der Waals surface area (Å²) >= 11 is 0. The lowest BCUT2D eigenvalue weighted by molar-refractivity contribution is -0.251. The van der Waals surface area contributed by atoms with Gasteiger partial charge in [0.15, 0.2) is 0 Å². The van der Waals surface area contributed by atoms with Crippen molar-refractivity contribution in [2.24, 2.45) is 34.5 Å². The van der Waals surface area contributed by atoms with Crippen molar-refractivity contribution in [3.8, 4) is 0 Å². The van der Waals surface area contributed by atoms with Gasteiger partial charge in [0.25, 0.3) is 0 Å². The summed E-state index contributed by atoms with van der Waals surface area (Å²) in [4.78, 5) is 35.7. The number of carbonyl (C=O) groups excluding carboxylic acids is 3. The van der Waals surface area contributed by atoms with Gasteiger partial charge in [-0.2, -0.15) is 0 Å². The SMILES string of the molecule is CC(=O)OC1CC[C@@]2(C)[C@H](CC[C@@H]3[C@@H]2CC(OC(C)=O)C2(C)C(C4=CC(=O)OC4)CCC32O)C1. The van der Waals surface area contributed by atoms with E-state index >= 15 is 0 Å². The quantitative estimate of drug-likeness (QED) is 0.492. The van der Waals surface area contributed by atoms with Crippen LogP contribution < -0.4 is 0 Å². The Morgan fingerprint density at radius 2 is 1.74 bits per heavy atom. The Bertz CT molecular complexity index is 926. The lowest BCUT2D eigenvalue weighted by Gasteiger charge is -2.65. The molecule has 0 aromatic carbocycles. The minimum atomic E-state index is -0.978. The van der Waals surface area contributed by atoms with Gasteiger partial charge in [0, 0.05) is 25.3 Å². The Balaban J connectivity index is 1.50. The van der Waals surface area contributed by atoms with Crippen molar-refractivity contribution in [2.45, 2.75) is 96.9 Å². The number of esters is 3.